The van der Waals surface area contributed by atoms with E-state index in [0.29, 0.717) is 6.04 Å². The summed E-state index contributed by atoms with van der Waals surface area (Å²) in [6.07, 6.45) is 2.04. The molecule has 0 bridgehead atoms. The number of hydrogen-bond acceptors (Lipinski definition) is 3. The topological polar surface area (TPSA) is 25.2 Å². The zero-order valence-electron chi connectivity index (χ0n) is 10.4. The fraction of sp³-hybridized carbons (Fsp3) is 0.429. The smallest absolute Gasteiger partial charge is 0.117 e. The maximum Gasteiger partial charge on any atom is 0.117 e. The van der Waals surface area contributed by atoms with Crippen LogP contribution in [0.3, 0.4) is 0 Å². The van der Waals surface area contributed by atoms with Crippen molar-refractivity contribution in [2.45, 2.75) is 39.3 Å². The van der Waals surface area contributed by atoms with Gasteiger partial charge in [-0.2, -0.15) is 11.3 Å². The van der Waals surface area contributed by atoms with Crippen molar-refractivity contribution in [3.8, 4) is 0 Å². The van der Waals surface area contributed by atoms with Crippen molar-refractivity contribution >= 4 is 11.3 Å². The third-order valence-corrected chi connectivity index (χ3v) is 3.54. The molecular formula is C14H19NOS. The highest BCUT2D eigenvalue weighted by molar-refractivity contribution is 7.07. The highest BCUT2D eigenvalue weighted by Crippen LogP contribution is 2.10. The van der Waals surface area contributed by atoms with E-state index < -0.39 is 0 Å². The lowest BCUT2D eigenvalue weighted by Gasteiger charge is -2.11. The fourth-order valence-corrected chi connectivity index (χ4v) is 2.50. The van der Waals surface area contributed by atoms with Gasteiger partial charge in [0.1, 0.15) is 11.5 Å². The van der Waals surface area contributed by atoms with Gasteiger partial charge in [-0.3, -0.25) is 0 Å². The zero-order valence-corrected chi connectivity index (χ0v) is 11.2. The first-order valence-electron chi connectivity index (χ1n) is 6.10. The highest BCUT2D eigenvalue weighted by atomic mass is 32.1. The molecule has 92 valence electrons. The summed E-state index contributed by atoms with van der Waals surface area (Å²) in [4.78, 5) is 0. The maximum atomic E-state index is 5.66. The van der Waals surface area contributed by atoms with Gasteiger partial charge < -0.3 is 9.73 Å². The van der Waals surface area contributed by atoms with Crippen LogP contribution in [0.2, 0.25) is 0 Å². The standard InChI is InChI=1S/C14H19NOS/c1-3-13-4-5-14(16-13)9-15-11(2)8-12-6-7-17-10-12/h4-7,10-11,15H,3,8-9H2,1-2H3. The van der Waals surface area contributed by atoms with E-state index in [-0.39, 0.29) is 0 Å². The van der Waals surface area contributed by atoms with Crippen LogP contribution < -0.4 is 5.32 Å². The molecule has 0 aliphatic heterocycles. The SMILES string of the molecule is CCc1ccc(CNC(C)Cc2ccsc2)o1. The predicted octanol–water partition coefficient (Wildman–Crippen LogP) is 3.62. The second kappa shape index (κ2) is 6.03. The Morgan fingerprint density at radius 3 is 2.76 bits per heavy atom. The Kier molecular flexibility index (Phi) is 4.40. The molecular weight excluding hydrogens is 230 g/mol. The van der Waals surface area contributed by atoms with E-state index in [1.54, 1.807) is 11.3 Å². The van der Waals surface area contributed by atoms with E-state index in [2.05, 4.69) is 48.1 Å². The van der Waals surface area contributed by atoms with E-state index in [0.717, 1.165) is 30.9 Å². The number of rotatable bonds is 6. The molecule has 0 aliphatic carbocycles. The van der Waals surface area contributed by atoms with E-state index in [1.165, 1.54) is 5.56 Å². The van der Waals surface area contributed by atoms with Crippen LogP contribution in [0.25, 0.3) is 0 Å². The number of furan rings is 1. The molecule has 0 saturated carbocycles. The van der Waals surface area contributed by atoms with E-state index in [9.17, 15) is 0 Å². The average molecular weight is 249 g/mol. The summed E-state index contributed by atoms with van der Waals surface area (Å²) < 4.78 is 5.66. The monoisotopic (exact) mass is 249 g/mol. The summed E-state index contributed by atoms with van der Waals surface area (Å²) in [6.45, 7) is 5.13. The summed E-state index contributed by atoms with van der Waals surface area (Å²) in [5, 5.41) is 7.82. The lowest BCUT2D eigenvalue weighted by atomic mass is 10.1. The largest absolute Gasteiger partial charge is 0.465 e. The van der Waals surface area contributed by atoms with Crippen molar-refractivity contribution in [3.05, 3.63) is 46.0 Å². The van der Waals surface area contributed by atoms with E-state index >= 15 is 0 Å². The first-order valence-corrected chi connectivity index (χ1v) is 7.04. The fourth-order valence-electron chi connectivity index (χ4n) is 1.82. The number of hydrogen-bond donors (Lipinski definition) is 1. The van der Waals surface area contributed by atoms with Crippen LogP contribution in [0.4, 0.5) is 0 Å². The first kappa shape index (κ1) is 12.4. The summed E-state index contributed by atoms with van der Waals surface area (Å²) >= 11 is 1.76. The van der Waals surface area contributed by atoms with E-state index in [1.807, 2.05) is 0 Å². The lowest BCUT2D eigenvalue weighted by Crippen LogP contribution is -2.27. The Morgan fingerprint density at radius 1 is 1.29 bits per heavy atom. The molecule has 0 amide bonds. The zero-order chi connectivity index (χ0) is 12.1. The van der Waals surface area contributed by atoms with Crippen molar-refractivity contribution in [2.75, 3.05) is 0 Å². The molecule has 0 radical (unpaired) electrons. The van der Waals surface area contributed by atoms with Gasteiger partial charge in [0.15, 0.2) is 0 Å². The molecule has 2 rings (SSSR count). The Bertz CT molecular complexity index is 433. The minimum atomic E-state index is 0.472. The molecule has 0 aliphatic rings. The maximum absolute atomic E-state index is 5.66. The van der Waals surface area contributed by atoms with Gasteiger partial charge in [0.25, 0.3) is 0 Å². The molecule has 3 heteroatoms. The predicted molar refractivity (Wildman–Crippen MR) is 72.4 cm³/mol. The van der Waals surface area contributed by atoms with Crippen LogP contribution in [0.1, 0.15) is 30.9 Å². The van der Waals surface area contributed by atoms with Gasteiger partial charge in [0, 0.05) is 12.5 Å². The Labute approximate surface area is 107 Å². The summed E-state index contributed by atoms with van der Waals surface area (Å²) in [7, 11) is 0. The van der Waals surface area contributed by atoms with Gasteiger partial charge >= 0.3 is 0 Å². The molecule has 1 unspecified atom stereocenters. The van der Waals surface area contributed by atoms with Gasteiger partial charge in [0.05, 0.1) is 6.54 Å². The second-order valence-corrected chi connectivity index (χ2v) is 5.12. The normalized spacial score (nSPS) is 12.8. The van der Waals surface area contributed by atoms with Crippen LogP contribution in [0.15, 0.2) is 33.4 Å². The molecule has 1 atom stereocenters. The third-order valence-electron chi connectivity index (χ3n) is 2.81. The number of thiophene rings is 1. The molecule has 2 nitrogen and oxygen atoms in total. The minimum Gasteiger partial charge on any atom is -0.465 e. The quantitative estimate of drug-likeness (QED) is 0.845. The Balaban J connectivity index is 1.77. The molecule has 0 saturated heterocycles. The molecule has 0 aromatic carbocycles. The number of nitrogens with one attached hydrogen (secondary N) is 1. The van der Waals surface area contributed by atoms with Crippen LogP contribution >= 0.6 is 11.3 Å². The van der Waals surface area contributed by atoms with E-state index in [4.69, 9.17) is 4.42 Å². The van der Waals surface area contributed by atoms with Crippen LogP contribution in [-0.4, -0.2) is 6.04 Å². The van der Waals surface area contributed by atoms with Gasteiger partial charge in [-0.15, -0.1) is 0 Å². The van der Waals surface area contributed by atoms with Crippen LogP contribution in [-0.2, 0) is 19.4 Å². The second-order valence-electron chi connectivity index (χ2n) is 4.34. The molecule has 1 N–H and O–H groups in total. The van der Waals surface area contributed by atoms with Gasteiger partial charge in [-0.25, -0.2) is 0 Å². The molecule has 2 aromatic rings. The Morgan fingerprint density at radius 2 is 2.12 bits per heavy atom. The summed E-state index contributed by atoms with van der Waals surface area (Å²) in [5.74, 6) is 2.09. The van der Waals surface area contributed by atoms with Crippen molar-refractivity contribution in [2.24, 2.45) is 0 Å². The van der Waals surface area contributed by atoms with Crippen molar-refractivity contribution in [3.63, 3.8) is 0 Å². The van der Waals surface area contributed by atoms with Crippen molar-refractivity contribution in [1.29, 1.82) is 0 Å². The number of aryl methyl sites for hydroxylation is 1. The molecule has 2 heterocycles. The lowest BCUT2D eigenvalue weighted by molar-refractivity contribution is 0.431. The Hall–Kier alpha value is -1.06. The molecule has 0 fully saturated rings. The third kappa shape index (κ3) is 3.72. The van der Waals surface area contributed by atoms with Crippen LogP contribution in [0, 0.1) is 0 Å². The van der Waals surface area contributed by atoms with Crippen molar-refractivity contribution < 1.29 is 4.42 Å². The van der Waals surface area contributed by atoms with Gasteiger partial charge in [-0.05, 0) is 47.9 Å². The van der Waals surface area contributed by atoms with Gasteiger partial charge in [0.2, 0.25) is 0 Å². The first-order chi connectivity index (χ1) is 8.28. The highest BCUT2D eigenvalue weighted by Gasteiger charge is 2.05. The summed E-state index contributed by atoms with van der Waals surface area (Å²) in [5.41, 5.74) is 1.41. The average Bonchev–Trinajstić information content (AvgIpc) is 2.96. The molecule has 17 heavy (non-hydrogen) atoms. The van der Waals surface area contributed by atoms with Gasteiger partial charge in [-0.1, -0.05) is 6.92 Å². The minimum absolute atomic E-state index is 0.472. The van der Waals surface area contributed by atoms with Crippen LogP contribution in [0.5, 0.6) is 0 Å². The van der Waals surface area contributed by atoms with Crippen molar-refractivity contribution in [1.82, 2.24) is 5.32 Å². The summed E-state index contributed by atoms with van der Waals surface area (Å²) in [6, 6.07) is 6.77. The molecule has 0 spiro atoms. The molecule has 2 aromatic heterocycles.